The van der Waals surface area contributed by atoms with E-state index in [1.807, 2.05) is 42.5 Å². The summed E-state index contributed by atoms with van der Waals surface area (Å²) >= 11 is 0. The third-order valence-corrected chi connectivity index (χ3v) is 4.38. The molecule has 0 radical (unpaired) electrons. The van der Waals surface area contributed by atoms with Crippen LogP contribution in [0, 0.1) is 0 Å². The quantitative estimate of drug-likeness (QED) is 0.734. The van der Waals surface area contributed by atoms with E-state index in [0.29, 0.717) is 25.3 Å². The number of aromatic nitrogens is 1. The van der Waals surface area contributed by atoms with Crippen molar-refractivity contribution < 1.29 is 14.1 Å². The van der Waals surface area contributed by atoms with Crippen LogP contribution in [0.15, 0.2) is 65.3 Å². The van der Waals surface area contributed by atoms with Crippen LogP contribution in [0.1, 0.15) is 11.3 Å². The third-order valence-electron chi connectivity index (χ3n) is 4.38. The van der Waals surface area contributed by atoms with Gasteiger partial charge in [0.25, 0.3) is 5.91 Å². The summed E-state index contributed by atoms with van der Waals surface area (Å²) in [5.74, 6) is 1.54. The third kappa shape index (κ3) is 3.40. The zero-order valence-corrected chi connectivity index (χ0v) is 13.7. The normalized spacial score (nSPS) is 13.4. The molecule has 1 aliphatic heterocycles. The van der Waals surface area contributed by atoms with Crippen LogP contribution in [-0.4, -0.2) is 29.1 Å². The molecule has 5 nitrogen and oxygen atoms in total. The molecule has 25 heavy (non-hydrogen) atoms. The maximum Gasteiger partial charge on any atom is 0.260 e. The fourth-order valence-corrected chi connectivity index (χ4v) is 2.96. The van der Waals surface area contributed by atoms with Crippen LogP contribution in [0.5, 0.6) is 5.75 Å². The average molecular weight is 334 g/mol. The Morgan fingerprint density at radius 3 is 2.64 bits per heavy atom. The largest absolute Gasteiger partial charge is 0.484 e. The first-order valence-electron chi connectivity index (χ1n) is 8.28. The van der Waals surface area contributed by atoms with Crippen LogP contribution in [0.2, 0.25) is 0 Å². The molecular formula is C20H18N2O3. The minimum Gasteiger partial charge on any atom is -0.484 e. The Hall–Kier alpha value is -3.08. The summed E-state index contributed by atoms with van der Waals surface area (Å²) in [4.78, 5) is 14.1. The summed E-state index contributed by atoms with van der Waals surface area (Å²) < 4.78 is 10.8. The van der Waals surface area contributed by atoms with Gasteiger partial charge in [0.2, 0.25) is 0 Å². The van der Waals surface area contributed by atoms with Crippen molar-refractivity contribution in [3.05, 3.63) is 72.1 Å². The topological polar surface area (TPSA) is 55.6 Å². The van der Waals surface area contributed by atoms with E-state index >= 15 is 0 Å². The summed E-state index contributed by atoms with van der Waals surface area (Å²) in [6.07, 6.45) is 2.38. The Balaban J connectivity index is 1.35. The Morgan fingerprint density at radius 2 is 1.84 bits per heavy atom. The number of carbonyl (C=O) groups is 1. The van der Waals surface area contributed by atoms with Crippen LogP contribution < -0.4 is 4.74 Å². The molecule has 3 aromatic rings. The van der Waals surface area contributed by atoms with Crippen LogP contribution in [0.3, 0.4) is 0 Å². The van der Waals surface area contributed by atoms with E-state index in [2.05, 4.69) is 17.3 Å². The molecule has 2 heterocycles. The van der Waals surface area contributed by atoms with Crippen LogP contribution in [0.4, 0.5) is 0 Å². The number of rotatable bonds is 4. The fourth-order valence-electron chi connectivity index (χ4n) is 2.96. The second-order valence-corrected chi connectivity index (χ2v) is 6.02. The summed E-state index contributed by atoms with van der Waals surface area (Å²) in [6, 6.07) is 17.9. The highest BCUT2D eigenvalue weighted by atomic mass is 16.5. The number of nitrogens with zero attached hydrogens (tertiary/aromatic N) is 2. The van der Waals surface area contributed by atoms with Gasteiger partial charge >= 0.3 is 0 Å². The molecule has 0 saturated carbocycles. The lowest BCUT2D eigenvalue weighted by atomic mass is 10.1. The van der Waals surface area contributed by atoms with Gasteiger partial charge in [-0.1, -0.05) is 47.6 Å². The van der Waals surface area contributed by atoms with Crippen LogP contribution >= 0.6 is 0 Å². The second kappa shape index (κ2) is 6.81. The summed E-state index contributed by atoms with van der Waals surface area (Å²) in [5.41, 5.74) is 3.25. The zero-order valence-electron chi connectivity index (χ0n) is 13.7. The van der Waals surface area contributed by atoms with Crippen molar-refractivity contribution in [3.63, 3.8) is 0 Å². The Morgan fingerprint density at radius 1 is 1.08 bits per heavy atom. The molecule has 0 unspecified atom stereocenters. The zero-order chi connectivity index (χ0) is 17.1. The van der Waals surface area contributed by atoms with Crippen molar-refractivity contribution in [2.24, 2.45) is 0 Å². The van der Waals surface area contributed by atoms with Gasteiger partial charge in [0.05, 0.1) is 12.7 Å². The predicted octanol–water partition coefficient (Wildman–Crippen LogP) is 3.31. The highest BCUT2D eigenvalue weighted by molar-refractivity contribution is 5.78. The van der Waals surface area contributed by atoms with E-state index in [9.17, 15) is 4.79 Å². The van der Waals surface area contributed by atoms with Crippen molar-refractivity contribution in [1.82, 2.24) is 10.1 Å². The van der Waals surface area contributed by atoms with Crippen LogP contribution in [0.25, 0.3) is 11.1 Å². The van der Waals surface area contributed by atoms with Gasteiger partial charge in [0.15, 0.2) is 6.61 Å². The smallest absolute Gasteiger partial charge is 0.260 e. The molecule has 0 aliphatic carbocycles. The molecule has 5 heteroatoms. The van der Waals surface area contributed by atoms with Crippen molar-refractivity contribution in [2.75, 3.05) is 13.2 Å². The molecule has 2 aromatic carbocycles. The number of carbonyl (C=O) groups excluding carboxylic acids is 1. The van der Waals surface area contributed by atoms with E-state index in [-0.39, 0.29) is 12.5 Å². The Labute approximate surface area is 145 Å². The number of hydrogen-bond acceptors (Lipinski definition) is 4. The Bertz CT molecular complexity index is 856. The highest BCUT2D eigenvalue weighted by Gasteiger charge is 2.23. The van der Waals surface area contributed by atoms with Crippen molar-refractivity contribution in [2.45, 2.75) is 13.0 Å². The SMILES string of the molecule is O=C(COc1ccc(-c2ccccc2)cc1)N1CCc2oncc2C1. The predicted molar refractivity (Wildman–Crippen MR) is 93.0 cm³/mol. The minimum atomic E-state index is -0.0287. The molecule has 4 rings (SSSR count). The van der Waals surface area contributed by atoms with E-state index in [1.165, 1.54) is 0 Å². The molecule has 0 N–H and O–H groups in total. The highest BCUT2D eigenvalue weighted by Crippen LogP contribution is 2.22. The monoisotopic (exact) mass is 334 g/mol. The molecule has 1 amide bonds. The molecule has 1 aliphatic rings. The molecule has 0 fully saturated rings. The van der Waals surface area contributed by atoms with Gasteiger partial charge in [-0.05, 0) is 23.3 Å². The van der Waals surface area contributed by atoms with E-state index in [0.717, 1.165) is 22.5 Å². The lowest BCUT2D eigenvalue weighted by molar-refractivity contribution is -0.134. The lowest BCUT2D eigenvalue weighted by Gasteiger charge is -2.25. The van der Waals surface area contributed by atoms with Gasteiger partial charge in [-0.3, -0.25) is 4.79 Å². The Kier molecular flexibility index (Phi) is 4.21. The van der Waals surface area contributed by atoms with Crippen molar-refractivity contribution in [1.29, 1.82) is 0 Å². The first-order chi connectivity index (χ1) is 12.3. The van der Waals surface area contributed by atoms with Crippen LogP contribution in [-0.2, 0) is 17.8 Å². The van der Waals surface area contributed by atoms with Gasteiger partial charge in [0.1, 0.15) is 11.5 Å². The number of amides is 1. The summed E-state index contributed by atoms with van der Waals surface area (Å²) in [6.45, 7) is 1.20. The van der Waals surface area contributed by atoms with Gasteiger partial charge in [-0.15, -0.1) is 0 Å². The number of benzene rings is 2. The molecule has 0 atom stereocenters. The molecule has 0 bridgehead atoms. The minimum absolute atomic E-state index is 0.0287. The second-order valence-electron chi connectivity index (χ2n) is 6.02. The van der Waals surface area contributed by atoms with Crippen molar-refractivity contribution in [3.8, 4) is 16.9 Å². The summed E-state index contributed by atoms with van der Waals surface area (Å²) in [7, 11) is 0. The summed E-state index contributed by atoms with van der Waals surface area (Å²) in [5, 5.41) is 3.78. The molecule has 1 aromatic heterocycles. The van der Waals surface area contributed by atoms with Crippen molar-refractivity contribution >= 4 is 5.91 Å². The number of fused-ring (bicyclic) bond motifs is 1. The number of hydrogen-bond donors (Lipinski definition) is 0. The van der Waals surface area contributed by atoms with E-state index in [4.69, 9.17) is 9.26 Å². The molecule has 0 saturated heterocycles. The number of ether oxygens (including phenoxy) is 1. The molecular weight excluding hydrogens is 316 g/mol. The van der Waals surface area contributed by atoms with E-state index in [1.54, 1.807) is 11.1 Å². The van der Waals surface area contributed by atoms with Gasteiger partial charge in [0, 0.05) is 18.5 Å². The maximum absolute atomic E-state index is 12.3. The fraction of sp³-hybridized carbons (Fsp3) is 0.200. The lowest BCUT2D eigenvalue weighted by Crippen LogP contribution is -2.38. The van der Waals surface area contributed by atoms with Gasteiger partial charge in [-0.25, -0.2) is 0 Å². The first-order valence-corrected chi connectivity index (χ1v) is 8.28. The first kappa shape index (κ1) is 15.4. The average Bonchev–Trinajstić information content (AvgIpc) is 3.15. The molecule has 0 spiro atoms. The standard InChI is InChI=1S/C20H18N2O3/c23-20(22-11-10-19-17(13-22)12-21-25-19)14-24-18-8-6-16(7-9-18)15-4-2-1-3-5-15/h1-9,12H,10-11,13-14H2. The maximum atomic E-state index is 12.3. The van der Waals surface area contributed by atoms with E-state index < -0.39 is 0 Å². The van der Waals surface area contributed by atoms with Gasteiger partial charge < -0.3 is 14.2 Å². The molecule has 126 valence electrons. The van der Waals surface area contributed by atoms with Gasteiger partial charge in [-0.2, -0.15) is 0 Å².